The van der Waals surface area contributed by atoms with E-state index in [-0.39, 0.29) is 0 Å². The van der Waals surface area contributed by atoms with Gasteiger partial charge in [0.1, 0.15) is 5.54 Å². The summed E-state index contributed by atoms with van der Waals surface area (Å²) >= 11 is 0. The smallest absolute Gasteiger partial charge is 0.323 e. The van der Waals surface area contributed by atoms with E-state index in [4.69, 9.17) is 0 Å². The lowest BCUT2D eigenvalue weighted by molar-refractivity contribution is -0.145. The zero-order valence-corrected chi connectivity index (χ0v) is 10.0. The van der Waals surface area contributed by atoms with Gasteiger partial charge < -0.3 is 5.11 Å². The third kappa shape index (κ3) is 2.94. The molecule has 15 heavy (non-hydrogen) atoms. The van der Waals surface area contributed by atoms with Crippen LogP contribution in [0.3, 0.4) is 0 Å². The van der Waals surface area contributed by atoms with Gasteiger partial charge >= 0.3 is 5.97 Å². The Morgan fingerprint density at radius 2 is 1.87 bits per heavy atom. The molecule has 0 aromatic carbocycles. The van der Waals surface area contributed by atoms with Crippen molar-refractivity contribution in [2.75, 3.05) is 0 Å². The van der Waals surface area contributed by atoms with Gasteiger partial charge in [0.05, 0.1) is 0 Å². The van der Waals surface area contributed by atoms with Gasteiger partial charge in [-0.3, -0.25) is 10.1 Å². The quantitative estimate of drug-likeness (QED) is 0.682. The van der Waals surface area contributed by atoms with Gasteiger partial charge in [0, 0.05) is 6.04 Å². The zero-order chi connectivity index (χ0) is 11.5. The van der Waals surface area contributed by atoms with Gasteiger partial charge in [0.25, 0.3) is 0 Å². The maximum Gasteiger partial charge on any atom is 0.323 e. The van der Waals surface area contributed by atoms with E-state index in [2.05, 4.69) is 12.2 Å². The molecule has 2 N–H and O–H groups in total. The van der Waals surface area contributed by atoms with Crippen molar-refractivity contribution in [1.82, 2.24) is 5.32 Å². The molecule has 0 aromatic rings. The van der Waals surface area contributed by atoms with E-state index < -0.39 is 11.5 Å². The molecular weight excluding hydrogens is 190 g/mol. The highest BCUT2D eigenvalue weighted by atomic mass is 16.4. The molecule has 1 rings (SSSR count). The monoisotopic (exact) mass is 213 g/mol. The first-order valence-corrected chi connectivity index (χ1v) is 6.06. The van der Waals surface area contributed by atoms with Crippen LogP contribution in [0.5, 0.6) is 0 Å². The largest absolute Gasteiger partial charge is 0.480 e. The first kappa shape index (κ1) is 12.5. The van der Waals surface area contributed by atoms with E-state index in [1.54, 1.807) is 0 Å². The fourth-order valence-corrected chi connectivity index (χ4v) is 2.28. The van der Waals surface area contributed by atoms with Gasteiger partial charge in [-0.15, -0.1) is 0 Å². The maximum absolute atomic E-state index is 11.4. The van der Waals surface area contributed by atoms with Crippen molar-refractivity contribution < 1.29 is 9.90 Å². The summed E-state index contributed by atoms with van der Waals surface area (Å²) in [5.74, 6) is -0.0252. The Hall–Kier alpha value is -0.570. The Labute approximate surface area is 92.3 Å². The van der Waals surface area contributed by atoms with Crippen molar-refractivity contribution in [3.8, 4) is 0 Å². The van der Waals surface area contributed by atoms with Gasteiger partial charge in [-0.25, -0.2) is 0 Å². The number of aliphatic carboxylic acids is 1. The van der Waals surface area contributed by atoms with Gasteiger partial charge in [-0.1, -0.05) is 33.6 Å². The summed E-state index contributed by atoms with van der Waals surface area (Å²) in [5, 5.41) is 12.7. The van der Waals surface area contributed by atoms with E-state index in [0.29, 0.717) is 12.0 Å². The molecule has 1 aliphatic rings. The van der Waals surface area contributed by atoms with Crippen LogP contribution in [0.15, 0.2) is 0 Å². The molecule has 2 unspecified atom stereocenters. The minimum atomic E-state index is -0.676. The average molecular weight is 213 g/mol. The molecule has 0 saturated heterocycles. The number of rotatable bonds is 7. The first-order chi connectivity index (χ1) is 7.05. The summed E-state index contributed by atoms with van der Waals surface area (Å²) in [6.07, 6.45) is 4.43. The van der Waals surface area contributed by atoms with Gasteiger partial charge in [0.15, 0.2) is 0 Å². The molecular formula is C12H23NO2. The molecule has 1 aliphatic carbocycles. The van der Waals surface area contributed by atoms with Gasteiger partial charge in [-0.05, 0) is 25.2 Å². The fraction of sp³-hybridized carbons (Fsp3) is 0.917. The Bertz CT molecular complexity index is 222. The molecule has 0 radical (unpaired) electrons. The second-order valence-corrected chi connectivity index (χ2v) is 4.85. The Kier molecular flexibility index (Phi) is 4.14. The summed E-state index contributed by atoms with van der Waals surface area (Å²) in [7, 11) is 0. The van der Waals surface area contributed by atoms with Crippen LogP contribution in [0, 0.1) is 5.92 Å². The van der Waals surface area contributed by atoms with E-state index >= 15 is 0 Å². The zero-order valence-electron chi connectivity index (χ0n) is 10.0. The topological polar surface area (TPSA) is 49.3 Å². The predicted molar refractivity (Wildman–Crippen MR) is 60.9 cm³/mol. The molecule has 3 nitrogen and oxygen atoms in total. The minimum Gasteiger partial charge on any atom is -0.480 e. The summed E-state index contributed by atoms with van der Waals surface area (Å²) in [4.78, 5) is 11.4. The normalized spacial score (nSPS) is 25.3. The van der Waals surface area contributed by atoms with Crippen LogP contribution >= 0.6 is 0 Å². The van der Waals surface area contributed by atoms with E-state index in [1.807, 2.05) is 13.8 Å². The SMILES string of the molecule is CCCC(CCC)(NC1CC1C)C(=O)O. The highest BCUT2D eigenvalue weighted by Crippen LogP contribution is 2.33. The van der Waals surface area contributed by atoms with Gasteiger partial charge in [-0.2, -0.15) is 0 Å². The standard InChI is InChI=1S/C12H23NO2/c1-4-6-12(7-5-2,11(14)15)13-10-8-9(10)3/h9-10,13H,4-8H2,1-3H3,(H,14,15). The molecule has 1 saturated carbocycles. The van der Waals surface area contributed by atoms with Crippen molar-refractivity contribution in [1.29, 1.82) is 0 Å². The molecule has 0 aromatic heterocycles. The second kappa shape index (κ2) is 4.97. The Morgan fingerprint density at radius 1 is 1.40 bits per heavy atom. The molecule has 0 heterocycles. The summed E-state index contributed by atoms with van der Waals surface area (Å²) in [6.45, 7) is 6.26. The third-order valence-electron chi connectivity index (χ3n) is 3.33. The Balaban J connectivity index is 2.66. The number of nitrogens with one attached hydrogen (secondary N) is 1. The molecule has 0 spiro atoms. The lowest BCUT2D eigenvalue weighted by Gasteiger charge is -2.30. The summed E-state index contributed by atoms with van der Waals surface area (Å²) < 4.78 is 0. The van der Waals surface area contributed by atoms with Crippen LogP contribution in [0.1, 0.15) is 52.9 Å². The van der Waals surface area contributed by atoms with Crippen molar-refractivity contribution in [3.63, 3.8) is 0 Å². The molecule has 0 bridgehead atoms. The molecule has 88 valence electrons. The average Bonchev–Trinajstić information content (AvgIpc) is 2.82. The van der Waals surface area contributed by atoms with Crippen molar-refractivity contribution in [3.05, 3.63) is 0 Å². The molecule has 2 atom stereocenters. The van der Waals surface area contributed by atoms with Crippen LogP contribution in [0.2, 0.25) is 0 Å². The van der Waals surface area contributed by atoms with Crippen molar-refractivity contribution in [2.45, 2.75) is 64.5 Å². The maximum atomic E-state index is 11.4. The molecule has 1 fully saturated rings. The first-order valence-electron chi connectivity index (χ1n) is 6.06. The van der Waals surface area contributed by atoms with Crippen LogP contribution < -0.4 is 5.32 Å². The molecule has 3 heteroatoms. The second-order valence-electron chi connectivity index (χ2n) is 4.85. The number of carboxylic acid groups (broad SMARTS) is 1. The lowest BCUT2D eigenvalue weighted by atomic mass is 9.88. The summed E-state index contributed by atoms with van der Waals surface area (Å²) in [6, 6.07) is 0.430. The van der Waals surface area contributed by atoms with E-state index in [1.165, 1.54) is 0 Å². The number of hydrogen-bond donors (Lipinski definition) is 2. The van der Waals surface area contributed by atoms with Crippen LogP contribution in [-0.2, 0) is 4.79 Å². The molecule has 0 amide bonds. The third-order valence-corrected chi connectivity index (χ3v) is 3.33. The predicted octanol–water partition coefficient (Wildman–Crippen LogP) is 2.41. The number of hydrogen-bond acceptors (Lipinski definition) is 2. The van der Waals surface area contributed by atoms with Crippen LogP contribution in [-0.4, -0.2) is 22.7 Å². The van der Waals surface area contributed by atoms with Crippen LogP contribution in [0.4, 0.5) is 0 Å². The van der Waals surface area contributed by atoms with Gasteiger partial charge in [0.2, 0.25) is 0 Å². The van der Waals surface area contributed by atoms with Crippen LogP contribution in [0.25, 0.3) is 0 Å². The van der Waals surface area contributed by atoms with E-state index in [0.717, 1.165) is 32.1 Å². The van der Waals surface area contributed by atoms with Crippen molar-refractivity contribution in [2.24, 2.45) is 5.92 Å². The lowest BCUT2D eigenvalue weighted by Crippen LogP contribution is -2.53. The number of carboxylic acids is 1. The minimum absolute atomic E-state index is 0.430. The molecule has 0 aliphatic heterocycles. The number of carbonyl (C=O) groups is 1. The summed E-state index contributed by atoms with van der Waals surface area (Å²) in [5.41, 5.74) is -0.668. The van der Waals surface area contributed by atoms with E-state index in [9.17, 15) is 9.90 Å². The highest BCUT2D eigenvalue weighted by molar-refractivity contribution is 5.78. The fourth-order valence-electron chi connectivity index (χ4n) is 2.28. The Morgan fingerprint density at radius 3 is 2.13 bits per heavy atom. The highest BCUT2D eigenvalue weighted by Gasteiger charge is 2.44. The van der Waals surface area contributed by atoms with Crippen molar-refractivity contribution >= 4 is 5.97 Å².